The van der Waals surface area contributed by atoms with E-state index in [0.717, 1.165) is 11.6 Å². The van der Waals surface area contributed by atoms with Gasteiger partial charge < -0.3 is 10.1 Å². The molecule has 1 N–H and O–H groups in total. The van der Waals surface area contributed by atoms with Crippen LogP contribution in [0, 0.1) is 5.92 Å². The highest BCUT2D eigenvalue weighted by molar-refractivity contribution is 5.41. The van der Waals surface area contributed by atoms with Crippen LogP contribution in [0.1, 0.15) is 59.2 Å². The summed E-state index contributed by atoms with van der Waals surface area (Å²) < 4.78 is 5.75. The Bertz CT molecular complexity index is 434. The number of hydrogen-bond donors (Lipinski definition) is 1. The lowest BCUT2D eigenvalue weighted by atomic mass is 10.1. The van der Waals surface area contributed by atoms with Gasteiger partial charge in [0.1, 0.15) is 11.6 Å². The molecule has 1 aromatic heterocycles. The smallest absolute Gasteiger partial charge is 0.218 e. The summed E-state index contributed by atoms with van der Waals surface area (Å²) in [5.74, 6) is 3.51. The lowest BCUT2D eigenvalue weighted by Crippen LogP contribution is -2.27. The van der Waals surface area contributed by atoms with Crippen LogP contribution in [0.3, 0.4) is 0 Å². The van der Waals surface area contributed by atoms with Crippen LogP contribution in [0.2, 0.25) is 0 Å². The van der Waals surface area contributed by atoms with Crippen molar-refractivity contribution in [1.29, 1.82) is 0 Å². The molecule has 0 saturated heterocycles. The fraction of sp³-hybridized carbons (Fsp3) is 0.733. The van der Waals surface area contributed by atoms with E-state index in [9.17, 15) is 0 Å². The third kappa shape index (κ3) is 4.69. The molecule has 1 fully saturated rings. The van der Waals surface area contributed by atoms with Gasteiger partial charge in [0.25, 0.3) is 0 Å². The first kappa shape index (κ1) is 14.1. The predicted molar refractivity (Wildman–Crippen MR) is 77.7 cm³/mol. The molecule has 0 unspecified atom stereocenters. The summed E-state index contributed by atoms with van der Waals surface area (Å²) in [6.45, 7) is 11.3. The van der Waals surface area contributed by atoms with Crippen LogP contribution in [-0.4, -0.2) is 22.1 Å². The van der Waals surface area contributed by atoms with Crippen molar-refractivity contribution in [3.05, 3.63) is 11.9 Å². The summed E-state index contributed by atoms with van der Waals surface area (Å²) in [7, 11) is 0. The van der Waals surface area contributed by atoms with E-state index in [1.54, 1.807) is 0 Å². The zero-order valence-corrected chi connectivity index (χ0v) is 12.7. The highest BCUT2D eigenvalue weighted by Gasteiger charge is 2.28. The van der Waals surface area contributed by atoms with E-state index in [1.807, 2.05) is 6.07 Å². The SMILES string of the molecule is CC(C)COc1cc(NC(C)(C)C)nc(C2CC2)n1. The number of nitrogens with zero attached hydrogens (tertiary/aromatic N) is 2. The van der Waals surface area contributed by atoms with Crippen LogP contribution in [0.4, 0.5) is 5.82 Å². The summed E-state index contributed by atoms with van der Waals surface area (Å²) in [5, 5.41) is 3.40. The molecule has 0 amide bonds. The van der Waals surface area contributed by atoms with Gasteiger partial charge in [-0.1, -0.05) is 13.8 Å². The van der Waals surface area contributed by atoms with Gasteiger partial charge in [0.15, 0.2) is 0 Å². The maximum absolute atomic E-state index is 5.75. The Morgan fingerprint density at radius 2 is 2.00 bits per heavy atom. The van der Waals surface area contributed by atoms with Crippen LogP contribution in [0.25, 0.3) is 0 Å². The van der Waals surface area contributed by atoms with Crippen molar-refractivity contribution in [3.8, 4) is 5.88 Å². The summed E-state index contributed by atoms with van der Waals surface area (Å²) in [4.78, 5) is 9.13. The highest BCUT2D eigenvalue weighted by Crippen LogP contribution is 2.39. The first-order valence-electron chi connectivity index (χ1n) is 7.13. The van der Waals surface area contributed by atoms with Crippen molar-refractivity contribution in [2.24, 2.45) is 5.92 Å². The maximum atomic E-state index is 5.75. The number of anilines is 1. The van der Waals surface area contributed by atoms with Crippen molar-refractivity contribution in [1.82, 2.24) is 9.97 Å². The quantitative estimate of drug-likeness (QED) is 0.881. The Hall–Kier alpha value is -1.32. The average molecular weight is 263 g/mol. The average Bonchev–Trinajstić information content (AvgIpc) is 3.07. The van der Waals surface area contributed by atoms with Crippen LogP contribution in [0.5, 0.6) is 5.88 Å². The molecular formula is C15H25N3O. The first-order valence-corrected chi connectivity index (χ1v) is 7.13. The fourth-order valence-electron chi connectivity index (χ4n) is 1.74. The molecular weight excluding hydrogens is 238 g/mol. The topological polar surface area (TPSA) is 47.0 Å². The normalized spacial score (nSPS) is 15.7. The molecule has 1 aliphatic rings. The third-order valence-corrected chi connectivity index (χ3v) is 2.73. The monoisotopic (exact) mass is 263 g/mol. The van der Waals surface area contributed by atoms with Gasteiger partial charge in [-0.05, 0) is 39.5 Å². The molecule has 0 aliphatic heterocycles. The van der Waals surface area contributed by atoms with Crippen molar-refractivity contribution >= 4 is 5.82 Å². The minimum atomic E-state index is -0.00943. The Kier molecular flexibility index (Phi) is 3.97. The standard InChI is InChI=1S/C15H25N3O/c1-10(2)9-19-13-8-12(18-15(3,4)5)16-14(17-13)11-6-7-11/h8,10-11H,6-7,9H2,1-5H3,(H,16,17,18). The molecule has 4 nitrogen and oxygen atoms in total. The van der Waals surface area contributed by atoms with E-state index in [4.69, 9.17) is 4.74 Å². The van der Waals surface area contributed by atoms with Gasteiger partial charge in [0.2, 0.25) is 5.88 Å². The zero-order chi connectivity index (χ0) is 14.0. The van der Waals surface area contributed by atoms with Gasteiger partial charge in [-0.25, -0.2) is 4.98 Å². The molecule has 19 heavy (non-hydrogen) atoms. The van der Waals surface area contributed by atoms with E-state index >= 15 is 0 Å². The van der Waals surface area contributed by atoms with E-state index in [-0.39, 0.29) is 5.54 Å². The van der Waals surface area contributed by atoms with Gasteiger partial charge in [-0.2, -0.15) is 4.98 Å². The lowest BCUT2D eigenvalue weighted by Gasteiger charge is -2.22. The minimum absolute atomic E-state index is 0.00943. The van der Waals surface area contributed by atoms with E-state index in [0.29, 0.717) is 24.3 Å². The van der Waals surface area contributed by atoms with E-state index in [2.05, 4.69) is 49.9 Å². The Morgan fingerprint density at radius 1 is 1.32 bits per heavy atom. The van der Waals surface area contributed by atoms with Gasteiger partial charge in [0, 0.05) is 17.5 Å². The van der Waals surface area contributed by atoms with Gasteiger partial charge >= 0.3 is 0 Å². The van der Waals surface area contributed by atoms with E-state index < -0.39 is 0 Å². The Morgan fingerprint density at radius 3 is 2.53 bits per heavy atom. The fourth-order valence-corrected chi connectivity index (χ4v) is 1.74. The Labute approximate surface area is 116 Å². The highest BCUT2D eigenvalue weighted by atomic mass is 16.5. The third-order valence-electron chi connectivity index (χ3n) is 2.73. The van der Waals surface area contributed by atoms with Crippen LogP contribution in [-0.2, 0) is 0 Å². The summed E-state index contributed by atoms with van der Waals surface area (Å²) >= 11 is 0. The zero-order valence-electron chi connectivity index (χ0n) is 12.7. The van der Waals surface area contributed by atoms with Gasteiger partial charge in [0.05, 0.1) is 6.61 Å². The largest absolute Gasteiger partial charge is 0.477 e. The second-order valence-electron chi connectivity index (χ2n) is 6.80. The lowest BCUT2D eigenvalue weighted by molar-refractivity contribution is 0.260. The molecule has 1 aliphatic carbocycles. The number of hydrogen-bond acceptors (Lipinski definition) is 4. The second kappa shape index (κ2) is 5.35. The molecule has 4 heteroatoms. The number of ether oxygens (including phenoxy) is 1. The molecule has 106 valence electrons. The summed E-state index contributed by atoms with van der Waals surface area (Å²) in [6, 6.07) is 1.90. The summed E-state index contributed by atoms with van der Waals surface area (Å²) in [5.41, 5.74) is -0.00943. The molecule has 1 saturated carbocycles. The van der Waals surface area contributed by atoms with Crippen LogP contribution < -0.4 is 10.1 Å². The van der Waals surface area contributed by atoms with Crippen molar-refractivity contribution in [3.63, 3.8) is 0 Å². The molecule has 1 aromatic rings. The van der Waals surface area contributed by atoms with Gasteiger partial charge in [-0.15, -0.1) is 0 Å². The second-order valence-corrected chi connectivity index (χ2v) is 6.80. The number of rotatable bonds is 5. The van der Waals surface area contributed by atoms with Gasteiger partial charge in [-0.3, -0.25) is 0 Å². The summed E-state index contributed by atoms with van der Waals surface area (Å²) in [6.07, 6.45) is 2.39. The molecule has 0 atom stereocenters. The molecule has 0 radical (unpaired) electrons. The number of aromatic nitrogens is 2. The van der Waals surface area contributed by atoms with Crippen LogP contribution >= 0.6 is 0 Å². The minimum Gasteiger partial charge on any atom is -0.477 e. The van der Waals surface area contributed by atoms with Crippen molar-refractivity contribution in [2.45, 2.75) is 58.9 Å². The van der Waals surface area contributed by atoms with E-state index in [1.165, 1.54) is 12.8 Å². The van der Waals surface area contributed by atoms with Crippen molar-refractivity contribution < 1.29 is 4.74 Å². The Balaban J connectivity index is 2.17. The molecule has 0 aromatic carbocycles. The first-order chi connectivity index (χ1) is 8.83. The number of nitrogens with one attached hydrogen (secondary N) is 1. The maximum Gasteiger partial charge on any atom is 0.218 e. The molecule has 0 spiro atoms. The van der Waals surface area contributed by atoms with Crippen LogP contribution in [0.15, 0.2) is 6.07 Å². The molecule has 0 bridgehead atoms. The van der Waals surface area contributed by atoms with Crippen molar-refractivity contribution in [2.75, 3.05) is 11.9 Å². The predicted octanol–water partition coefficient (Wildman–Crippen LogP) is 3.60. The molecule has 1 heterocycles. The molecule has 2 rings (SSSR count).